The Morgan fingerprint density at radius 2 is 1.35 bits per heavy atom. The van der Waals surface area contributed by atoms with Crippen LogP contribution in [0.15, 0.2) is 73.3 Å². The summed E-state index contributed by atoms with van der Waals surface area (Å²) in [4.78, 5) is 19.6. The van der Waals surface area contributed by atoms with Crippen LogP contribution in [0.5, 0.6) is 0 Å². The minimum Gasteiger partial charge on any atom is -0.392 e. The van der Waals surface area contributed by atoms with Crippen LogP contribution in [-0.2, 0) is 6.61 Å². The number of hydrogen-bond acceptors (Lipinski definition) is 7. The first kappa shape index (κ1) is 20.6. The number of nitrogens with zero attached hydrogens (tertiary/aromatic N) is 5. The quantitative estimate of drug-likeness (QED) is 0.501. The van der Waals surface area contributed by atoms with Crippen molar-refractivity contribution in [2.45, 2.75) is 12.7 Å². The molecule has 7 nitrogen and oxygen atoms in total. The standard InChI is InChI=1S/C24H23N5O2/c1-29(2)21-13-27-24(28-14-21)19-8-4-6-17(10-19)22(31)20-11-25-23(26-12-20)18-7-3-5-16(9-18)15-30/h3-14,22,30-31H,15H2,1-2H3. The van der Waals surface area contributed by atoms with Crippen molar-refractivity contribution >= 4 is 5.69 Å². The largest absolute Gasteiger partial charge is 0.392 e. The van der Waals surface area contributed by atoms with E-state index >= 15 is 0 Å². The highest BCUT2D eigenvalue weighted by Gasteiger charge is 2.14. The topological polar surface area (TPSA) is 95.3 Å². The van der Waals surface area contributed by atoms with Gasteiger partial charge < -0.3 is 15.1 Å². The molecule has 0 aliphatic carbocycles. The van der Waals surface area contributed by atoms with Crippen LogP contribution in [0.1, 0.15) is 22.8 Å². The highest BCUT2D eigenvalue weighted by Crippen LogP contribution is 2.26. The van der Waals surface area contributed by atoms with Crippen LogP contribution >= 0.6 is 0 Å². The summed E-state index contributed by atoms with van der Waals surface area (Å²) in [5.41, 5.74) is 4.64. The number of aliphatic hydroxyl groups is 2. The van der Waals surface area contributed by atoms with E-state index in [1.807, 2.05) is 67.5 Å². The Bertz CT molecular complexity index is 1160. The molecule has 0 aliphatic heterocycles. The van der Waals surface area contributed by atoms with Crippen LogP contribution in [0.4, 0.5) is 5.69 Å². The minimum atomic E-state index is -0.876. The van der Waals surface area contributed by atoms with Gasteiger partial charge in [-0.3, -0.25) is 0 Å². The molecular weight excluding hydrogens is 390 g/mol. The van der Waals surface area contributed by atoms with E-state index < -0.39 is 6.10 Å². The lowest BCUT2D eigenvalue weighted by molar-refractivity contribution is 0.219. The summed E-state index contributed by atoms with van der Waals surface area (Å²) in [7, 11) is 3.87. The van der Waals surface area contributed by atoms with Gasteiger partial charge in [0.25, 0.3) is 0 Å². The van der Waals surface area contributed by atoms with Crippen LogP contribution in [0, 0.1) is 0 Å². The molecule has 31 heavy (non-hydrogen) atoms. The van der Waals surface area contributed by atoms with E-state index in [0.29, 0.717) is 22.8 Å². The van der Waals surface area contributed by atoms with Crippen LogP contribution in [0.3, 0.4) is 0 Å². The highest BCUT2D eigenvalue weighted by atomic mass is 16.3. The maximum atomic E-state index is 10.9. The van der Waals surface area contributed by atoms with Crippen LogP contribution in [-0.4, -0.2) is 44.2 Å². The first-order chi connectivity index (χ1) is 15.0. The Labute approximate surface area is 180 Å². The zero-order valence-electron chi connectivity index (χ0n) is 17.3. The molecule has 0 aliphatic rings. The van der Waals surface area contributed by atoms with Gasteiger partial charge in [0.05, 0.1) is 24.7 Å². The second kappa shape index (κ2) is 8.99. The summed E-state index contributed by atoms with van der Waals surface area (Å²) in [5.74, 6) is 1.13. The smallest absolute Gasteiger partial charge is 0.159 e. The van der Waals surface area contributed by atoms with Crippen LogP contribution < -0.4 is 4.90 Å². The lowest BCUT2D eigenvalue weighted by Crippen LogP contribution is -2.09. The number of aliphatic hydroxyl groups excluding tert-OH is 2. The van der Waals surface area contributed by atoms with Gasteiger partial charge in [-0.2, -0.15) is 0 Å². The van der Waals surface area contributed by atoms with Crippen LogP contribution in [0.25, 0.3) is 22.8 Å². The Balaban J connectivity index is 1.56. The number of aromatic nitrogens is 4. The fourth-order valence-electron chi connectivity index (χ4n) is 3.18. The number of hydrogen-bond donors (Lipinski definition) is 2. The van der Waals surface area contributed by atoms with Crippen molar-refractivity contribution in [3.05, 3.63) is 90.0 Å². The zero-order chi connectivity index (χ0) is 21.8. The Morgan fingerprint density at radius 1 is 0.774 bits per heavy atom. The minimum absolute atomic E-state index is 0.0391. The van der Waals surface area contributed by atoms with Crippen LogP contribution in [0.2, 0.25) is 0 Å². The molecular formula is C24H23N5O2. The Morgan fingerprint density at radius 3 is 1.97 bits per heavy atom. The molecule has 2 aromatic carbocycles. The first-order valence-electron chi connectivity index (χ1n) is 9.85. The predicted molar refractivity (Wildman–Crippen MR) is 119 cm³/mol. The molecule has 0 spiro atoms. The molecule has 0 saturated carbocycles. The van der Waals surface area contributed by atoms with Crippen molar-refractivity contribution in [1.29, 1.82) is 0 Å². The summed E-state index contributed by atoms with van der Waals surface area (Å²) in [6, 6.07) is 14.9. The second-order valence-corrected chi connectivity index (χ2v) is 7.39. The van der Waals surface area contributed by atoms with Gasteiger partial charge in [0, 0.05) is 43.2 Å². The number of rotatable bonds is 6. The van der Waals surface area contributed by atoms with E-state index in [1.54, 1.807) is 24.8 Å². The van der Waals surface area contributed by atoms with E-state index in [4.69, 9.17) is 0 Å². The molecule has 0 amide bonds. The SMILES string of the molecule is CN(C)c1cnc(-c2cccc(C(O)c3cnc(-c4cccc(CO)c4)nc3)c2)nc1. The van der Waals surface area contributed by atoms with Crippen molar-refractivity contribution in [2.75, 3.05) is 19.0 Å². The van der Waals surface area contributed by atoms with Gasteiger partial charge in [-0.1, -0.05) is 36.4 Å². The van der Waals surface area contributed by atoms with E-state index in [-0.39, 0.29) is 6.61 Å². The third-order valence-corrected chi connectivity index (χ3v) is 4.97. The molecule has 0 radical (unpaired) electrons. The molecule has 0 bridgehead atoms. The van der Waals surface area contributed by atoms with Gasteiger partial charge in [0.2, 0.25) is 0 Å². The monoisotopic (exact) mass is 413 g/mol. The molecule has 2 aromatic heterocycles. The molecule has 0 fully saturated rings. The molecule has 0 saturated heterocycles. The molecule has 1 atom stereocenters. The molecule has 1 unspecified atom stereocenters. The normalized spacial score (nSPS) is 11.9. The summed E-state index contributed by atoms with van der Waals surface area (Å²) < 4.78 is 0. The van der Waals surface area contributed by atoms with Crippen molar-refractivity contribution < 1.29 is 10.2 Å². The van der Waals surface area contributed by atoms with Crippen molar-refractivity contribution in [3.8, 4) is 22.8 Å². The number of benzene rings is 2. The molecule has 2 heterocycles. The summed E-state index contributed by atoms with van der Waals surface area (Å²) >= 11 is 0. The van der Waals surface area contributed by atoms with Gasteiger partial charge in [0.1, 0.15) is 6.10 Å². The van der Waals surface area contributed by atoms with E-state index in [2.05, 4.69) is 19.9 Å². The first-order valence-corrected chi connectivity index (χ1v) is 9.85. The van der Waals surface area contributed by atoms with E-state index in [9.17, 15) is 10.2 Å². The fraction of sp³-hybridized carbons (Fsp3) is 0.167. The van der Waals surface area contributed by atoms with Gasteiger partial charge in [-0.15, -0.1) is 0 Å². The summed E-state index contributed by atoms with van der Waals surface area (Å²) in [6.07, 6.45) is 5.90. The Hall–Kier alpha value is -3.68. The average Bonchev–Trinajstić information content (AvgIpc) is 2.84. The van der Waals surface area contributed by atoms with Crippen molar-refractivity contribution in [2.24, 2.45) is 0 Å². The zero-order valence-corrected chi connectivity index (χ0v) is 17.3. The third kappa shape index (κ3) is 4.58. The van der Waals surface area contributed by atoms with E-state index in [0.717, 1.165) is 22.4 Å². The predicted octanol–water partition coefficient (Wildman–Crippen LogP) is 3.24. The Kier molecular flexibility index (Phi) is 5.97. The highest BCUT2D eigenvalue weighted by molar-refractivity contribution is 5.58. The lowest BCUT2D eigenvalue weighted by atomic mass is 10.0. The molecule has 4 aromatic rings. The number of anilines is 1. The van der Waals surface area contributed by atoms with Gasteiger partial charge in [-0.25, -0.2) is 19.9 Å². The molecule has 156 valence electrons. The van der Waals surface area contributed by atoms with Gasteiger partial charge >= 0.3 is 0 Å². The van der Waals surface area contributed by atoms with E-state index in [1.165, 1.54) is 0 Å². The fourth-order valence-corrected chi connectivity index (χ4v) is 3.18. The summed E-state index contributed by atoms with van der Waals surface area (Å²) in [6.45, 7) is -0.0391. The van der Waals surface area contributed by atoms with Gasteiger partial charge in [0.15, 0.2) is 11.6 Å². The lowest BCUT2D eigenvalue weighted by Gasteiger charge is -2.13. The average molecular weight is 413 g/mol. The molecule has 2 N–H and O–H groups in total. The maximum absolute atomic E-state index is 10.9. The summed E-state index contributed by atoms with van der Waals surface area (Å²) in [5, 5.41) is 20.2. The van der Waals surface area contributed by atoms with Crippen molar-refractivity contribution in [1.82, 2.24) is 19.9 Å². The second-order valence-electron chi connectivity index (χ2n) is 7.39. The molecule has 4 rings (SSSR count). The molecule has 7 heteroatoms. The van der Waals surface area contributed by atoms with Crippen molar-refractivity contribution in [3.63, 3.8) is 0 Å². The van der Waals surface area contributed by atoms with Gasteiger partial charge in [-0.05, 0) is 23.3 Å². The third-order valence-electron chi connectivity index (χ3n) is 4.97. The maximum Gasteiger partial charge on any atom is 0.159 e.